The molecular weight excluding hydrogens is 668 g/mol. The van der Waals surface area contributed by atoms with Gasteiger partial charge < -0.3 is 20.5 Å². The lowest BCUT2D eigenvalue weighted by atomic mass is 9.92. The third-order valence-electron chi connectivity index (χ3n) is 6.66. The van der Waals surface area contributed by atoms with E-state index in [1.807, 2.05) is 24.3 Å². The maximum Gasteiger partial charge on any atom is 0.490 e. The summed E-state index contributed by atoms with van der Waals surface area (Å²) in [6.07, 6.45) is -0.933. The van der Waals surface area contributed by atoms with Crippen LogP contribution in [0.25, 0.3) is 5.57 Å². The summed E-state index contributed by atoms with van der Waals surface area (Å²) in [6, 6.07) is 20.7. The molecule has 3 N–H and O–H groups in total. The Morgan fingerprint density at radius 2 is 1.73 bits per heavy atom. The molecule has 0 bridgehead atoms. The third-order valence-corrected chi connectivity index (χ3v) is 7.69. The lowest BCUT2D eigenvalue weighted by Crippen LogP contribution is -2.35. The van der Waals surface area contributed by atoms with Gasteiger partial charge in [0.25, 0.3) is 0 Å². The fraction of sp³-hybridized carbons (Fsp3) is 0.312. The topological polar surface area (TPSA) is 87.7 Å². The maximum atomic E-state index is 13.4. The summed E-state index contributed by atoms with van der Waals surface area (Å²) in [7, 11) is 0. The SMILES string of the molecule is O=C(NCCCc1ccccc1Cl)C1=C(c2ccc(CCCOc3cc(F)ccc3Br)cc2)CCNC1.O=C(O)C(F)(F)F. The molecule has 44 heavy (non-hydrogen) atoms. The molecule has 236 valence electrons. The molecule has 3 aromatic rings. The van der Waals surface area contributed by atoms with Crippen LogP contribution in [0.3, 0.4) is 0 Å². The monoisotopic (exact) mass is 698 g/mol. The van der Waals surface area contributed by atoms with Crippen molar-refractivity contribution in [1.29, 1.82) is 0 Å². The molecule has 6 nitrogen and oxygen atoms in total. The summed E-state index contributed by atoms with van der Waals surface area (Å²) < 4.78 is 51.6. The summed E-state index contributed by atoms with van der Waals surface area (Å²) >= 11 is 9.62. The van der Waals surface area contributed by atoms with E-state index in [-0.39, 0.29) is 11.7 Å². The van der Waals surface area contributed by atoms with Gasteiger partial charge in [0.15, 0.2) is 0 Å². The molecule has 1 aliphatic heterocycles. The first-order chi connectivity index (χ1) is 21.0. The number of carbonyl (C=O) groups excluding carboxylic acids is 1. The van der Waals surface area contributed by atoms with Crippen LogP contribution < -0.4 is 15.4 Å². The minimum atomic E-state index is -5.08. The molecule has 0 spiro atoms. The highest BCUT2D eigenvalue weighted by molar-refractivity contribution is 9.10. The predicted octanol–water partition coefficient (Wildman–Crippen LogP) is 7.38. The zero-order chi connectivity index (χ0) is 32.1. The third kappa shape index (κ3) is 11.3. The van der Waals surface area contributed by atoms with Crippen LogP contribution in [0.4, 0.5) is 17.6 Å². The number of rotatable bonds is 11. The first-order valence-corrected chi connectivity index (χ1v) is 15.0. The Bertz CT molecular complexity index is 1450. The average molecular weight is 700 g/mol. The molecule has 0 radical (unpaired) electrons. The van der Waals surface area contributed by atoms with Gasteiger partial charge >= 0.3 is 12.1 Å². The number of carbonyl (C=O) groups is 2. The van der Waals surface area contributed by atoms with Crippen molar-refractivity contribution in [3.8, 4) is 5.75 Å². The number of alkyl halides is 3. The lowest BCUT2D eigenvalue weighted by molar-refractivity contribution is -0.192. The van der Waals surface area contributed by atoms with Gasteiger partial charge in [-0.3, -0.25) is 4.79 Å². The van der Waals surface area contributed by atoms with Gasteiger partial charge in [-0.15, -0.1) is 0 Å². The summed E-state index contributed by atoms with van der Waals surface area (Å²) in [5.41, 5.74) is 5.31. The van der Waals surface area contributed by atoms with Crippen molar-refractivity contribution in [2.75, 3.05) is 26.2 Å². The maximum absolute atomic E-state index is 13.4. The van der Waals surface area contributed by atoms with E-state index in [0.29, 0.717) is 25.4 Å². The fourth-order valence-corrected chi connectivity index (χ4v) is 5.02. The zero-order valence-electron chi connectivity index (χ0n) is 23.7. The Morgan fingerprint density at radius 1 is 1.02 bits per heavy atom. The number of benzene rings is 3. The lowest BCUT2D eigenvalue weighted by Gasteiger charge is -2.21. The van der Waals surface area contributed by atoms with Crippen molar-refractivity contribution < 1.29 is 37.0 Å². The number of halogens is 6. The van der Waals surface area contributed by atoms with Crippen LogP contribution in [0.2, 0.25) is 5.02 Å². The minimum Gasteiger partial charge on any atom is -0.492 e. The fourth-order valence-electron chi connectivity index (χ4n) is 4.43. The standard InChI is InChI=1S/C30H31BrClFN2O2.C2HF3O2/c31-27-14-13-24(33)19-29(27)37-18-4-5-21-9-11-22(12-10-21)25-15-17-34-20-26(25)30(36)35-16-3-7-23-6-1-2-8-28(23)32;3-2(4,5)1(6)7/h1-2,6,8-14,19,34H,3-5,7,15-18,20H2,(H,35,36);(H,6,7). The van der Waals surface area contributed by atoms with E-state index >= 15 is 0 Å². The number of aryl methyl sites for hydroxylation is 2. The van der Waals surface area contributed by atoms with Gasteiger partial charge in [-0.1, -0.05) is 54.1 Å². The summed E-state index contributed by atoms with van der Waals surface area (Å²) in [4.78, 5) is 21.9. The number of hydrogen-bond donors (Lipinski definition) is 3. The quantitative estimate of drug-likeness (QED) is 0.144. The van der Waals surface area contributed by atoms with E-state index < -0.39 is 12.1 Å². The summed E-state index contributed by atoms with van der Waals surface area (Å²) in [5, 5.41) is 14.3. The molecule has 0 unspecified atom stereocenters. The molecular formula is C32H32BrClF4N2O4. The van der Waals surface area contributed by atoms with Gasteiger partial charge in [0.05, 0.1) is 11.1 Å². The number of nitrogens with one attached hydrogen (secondary N) is 2. The number of carboxylic acids is 1. The van der Waals surface area contributed by atoms with Crippen LogP contribution in [0.1, 0.15) is 36.0 Å². The normalized spacial score (nSPS) is 13.1. The van der Waals surface area contributed by atoms with Crippen LogP contribution in [0.5, 0.6) is 5.75 Å². The van der Waals surface area contributed by atoms with Crippen LogP contribution in [0.15, 0.2) is 76.8 Å². The molecule has 4 rings (SSSR count). The molecule has 12 heteroatoms. The molecule has 0 aliphatic carbocycles. The Morgan fingerprint density at radius 3 is 2.41 bits per heavy atom. The average Bonchev–Trinajstić information content (AvgIpc) is 3.00. The van der Waals surface area contributed by atoms with Crippen LogP contribution in [0, 0.1) is 5.82 Å². The number of carboxylic acid groups (broad SMARTS) is 1. The second-order valence-electron chi connectivity index (χ2n) is 9.86. The highest BCUT2D eigenvalue weighted by atomic mass is 79.9. The molecule has 1 aliphatic rings. The number of aliphatic carboxylic acids is 1. The molecule has 0 fully saturated rings. The Labute approximate surface area is 266 Å². The molecule has 0 aromatic heterocycles. The van der Waals surface area contributed by atoms with Gasteiger partial charge in [-0.25, -0.2) is 9.18 Å². The largest absolute Gasteiger partial charge is 0.492 e. The predicted molar refractivity (Wildman–Crippen MR) is 165 cm³/mol. The first-order valence-electron chi connectivity index (χ1n) is 13.9. The second-order valence-corrected chi connectivity index (χ2v) is 11.1. The number of amides is 1. The van der Waals surface area contributed by atoms with Crippen molar-refractivity contribution in [1.82, 2.24) is 10.6 Å². The molecule has 1 heterocycles. The highest BCUT2D eigenvalue weighted by Gasteiger charge is 2.38. The van der Waals surface area contributed by atoms with Crippen molar-refractivity contribution in [2.45, 2.75) is 38.3 Å². The van der Waals surface area contributed by atoms with Crippen molar-refractivity contribution >= 4 is 45.0 Å². The summed E-state index contributed by atoms with van der Waals surface area (Å²) in [5.74, 6) is -2.56. The van der Waals surface area contributed by atoms with E-state index in [1.165, 1.54) is 17.7 Å². The summed E-state index contributed by atoms with van der Waals surface area (Å²) in [6.45, 7) is 2.53. The molecule has 3 aromatic carbocycles. The van der Waals surface area contributed by atoms with E-state index in [9.17, 15) is 22.4 Å². The van der Waals surface area contributed by atoms with Gasteiger partial charge in [0.1, 0.15) is 11.6 Å². The van der Waals surface area contributed by atoms with Gasteiger partial charge in [-0.2, -0.15) is 13.2 Å². The van der Waals surface area contributed by atoms with E-state index in [0.717, 1.165) is 70.4 Å². The van der Waals surface area contributed by atoms with E-state index in [4.69, 9.17) is 26.2 Å². The molecule has 0 atom stereocenters. The van der Waals surface area contributed by atoms with Crippen molar-refractivity contribution in [3.63, 3.8) is 0 Å². The van der Waals surface area contributed by atoms with E-state index in [1.54, 1.807) is 6.07 Å². The Kier molecular flexibility index (Phi) is 13.7. The van der Waals surface area contributed by atoms with Crippen molar-refractivity contribution in [3.05, 3.63) is 104 Å². The van der Waals surface area contributed by atoms with Crippen molar-refractivity contribution in [2.24, 2.45) is 0 Å². The van der Waals surface area contributed by atoms with Crippen LogP contribution >= 0.6 is 27.5 Å². The van der Waals surface area contributed by atoms with Crippen LogP contribution in [-0.4, -0.2) is 49.4 Å². The van der Waals surface area contributed by atoms with Gasteiger partial charge in [0, 0.05) is 29.8 Å². The molecule has 1 amide bonds. The molecule has 0 saturated heterocycles. The zero-order valence-corrected chi connectivity index (χ0v) is 26.0. The van der Waals surface area contributed by atoms with Crippen LogP contribution in [-0.2, 0) is 22.4 Å². The first kappa shape index (κ1) is 35.1. The number of ether oxygens (including phenoxy) is 1. The van der Waals surface area contributed by atoms with Gasteiger partial charge in [-0.05, 0) is 95.0 Å². The number of hydrogen-bond acceptors (Lipinski definition) is 4. The molecule has 0 saturated carbocycles. The van der Waals surface area contributed by atoms with Gasteiger partial charge in [0.2, 0.25) is 5.91 Å². The Balaban J connectivity index is 0.000000676. The smallest absolute Gasteiger partial charge is 0.490 e. The minimum absolute atomic E-state index is 0.00825. The Hall–Kier alpha value is -3.41. The highest BCUT2D eigenvalue weighted by Crippen LogP contribution is 2.27. The second kappa shape index (κ2) is 17.2. The van der Waals surface area contributed by atoms with E-state index in [2.05, 4.69) is 50.8 Å².